The molecule has 2 amide bonds. The molecule has 7 heteroatoms. The number of carbonyl (C=O) groups excluding carboxylic acids is 2. The standard InChI is InChI=1S/C16H22N2O4S/c1-2-22-14-6-4-3-5-13(14)17-15(19)11-23-12-16(20)18-7-9-21-10-8-18/h3-6H,2,7-12H2,1H3,(H,17,19). The molecular formula is C16H22N2O4S. The Kier molecular flexibility index (Phi) is 7.22. The van der Waals surface area contributed by atoms with Crippen LogP contribution in [0.1, 0.15) is 6.92 Å². The van der Waals surface area contributed by atoms with Crippen LogP contribution in [-0.2, 0) is 14.3 Å². The molecule has 1 aliphatic heterocycles. The van der Waals surface area contributed by atoms with E-state index in [1.54, 1.807) is 11.0 Å². The molecule has 23 heavy (non-hydrogen) atoms. The van der Waals surface area contributed by atoms with Gasteiger partial charge in [-0.05, 0) is 19.1 Å². The van der Waals surface area contributed by atoms with E-state index in [4.69, 9.17) is 9.47 Å². The lowest BCUT2D eigenvalue weighted by atomic mass is 10.3. The lowest BCUT2D eigenvalue weighted by Crippen LogP contribution is -2.41. The maximum absolute atomic E-state index is 12.0. The van der Waals surface area contributed by atoms with Crippen molar-refractivity contribution in [1.82, 2.24) is 4.90 Å². The van der Waals surface area contributed by atoms with Crippen LogP contribution in [0.2, 0.25) is 0 Å². The topological polar surface area (TPSA) is 67.9 Å². The molecule has 1 aromatic carbocycles. The molecule has 2 rings (SSSR count). The highest BCUT2D eigenvalue weighted by Crippen LogP contribution is 2.23. The van der Waals surface area contributed by atoms with Crippen molar-refractivity contribution in [2.24, 2.45) is 0 Å². The summed E-state index contributed by atoms with van der Waals surface area (Å²) in [6, 6.07) is 7.31. The number of benzene rings is 1. The largest absolute Gasteiger partial charge is 0.492 e. The first-order chi connectivity index (χ1) is 11.2. The fourth-order valence-electron chi connectivity index (χ4n) is 2.17. The third-order valence-electron chi connectivity index (χ3n) is 3.28. The molecule has 126 valence electrons. The number of ether oxygens (including phenoxy) is 2. The van der Waals surface area contributed by atoms with Crippen LogP contribution in [0.3, 0.4) is 0 Å². The van der Waals surface area contributed by atoms with Gasteiger partial charge in [0.25, 0.3) is 0 Å². The van der Waals surface area contributed by atoms with E-state index in [2.05, 4.69) is 5.32 Å². The van der Waals surface area contributed by atoms with Crippen LogP contribution in [0, 0.1) is 0 Å². The van der Waals surface area contributed by atoms with Crippen LogP contribution in [0.5, 0.6) is 5.75 Å². The van der Waals surface area contributed by atoms with Crippen LogP contribution >= 0.6 is 11.8 Å². The van der Waals surface area contributed by atoms with Gasteiger partial charge in [-0.1, -0.05) is 12.1 Å². The van der Waals surface area contributed by atoms with Crippen LogP contribution < -0.4 is 10.1 Å². The number of anilines is 1. The molecule has 1 fully saturated rings. The van der Waals surface area contributed by atoms with Gasteiger partial charge in [-0.3, -0.25) is 9.59 Å². The highest BCUT2D eigenvalue weighted by atomic mass is 32.2. The van der Waals surface area contributed by atoms with Crippen molar-refractivity contribution in [3.63, 3.8) is 0 Å². The summed E-state index contributed by atoms with van der Waals surface area (Å²) in [6.07, 6.45) is 0. The number of morpholine rings is 1. The van der Waals surface area contributed by atoms with E-state index in [0.717, 1.165) is 0 Å². The predicted molar refractivity (Wildman–Crippen MR) is 91.0 cm³/mol. The Morgan fingerprint density at radius 3 is 2.74 bits per heavy atom. The maximum Gasteiger partial charge on any atom is 0.234 e. The Morgan fingerprint density at radius 2 is 2.00 bits per heavy atom. The summed E-state index contributed by atoms with van der Waals surface area (Å²) in [6.45, 7) is 4.87. The lowest BCUT2D eigenvalue weighted by Gasteiger charge is -2.26. The maximum atomic E-state index is 12.0. The molecule has 1 N–H and O–H groups in total. The number of hydrogen-bond donors (Lipinski definition) is 1. The Bertz CT molecular complexity index is 533. The van der Waals surface area contributed by atoms with Crippen molar-refractivity contribution in [3.8, 4) is 5.75 Å². The molecule has 0 radical (unpaired) electrons. The number of nitrogens with one attached hydrogen (secondary N) is 1. The summed E-state index contributed by atoms with van der Waals surface area (Å²) < 4.78 is 10.7. The number of carbonyl (C=O) groups is 2. The van der Waals surface area contributed by atoms with Gasteiger partial charge in [-0.15, -0.1) is 11.8 Å². The van der Waals surface area contributed by atoms with Crippen LogP contribution in [0.25, 0.3) is 0 Å². The van der Waals surface area contributed by atoms with Gasteiger partial charge in [0, 0.05) is 13.1 Å². The average molecular weight is 338 g/mol. The summed E-state index contributed by atoms with van der Waals surface area (Å²) in [5.74, 6) is 1.10. The third-order valence-corrected chi connectivity index (χ3v) is 4.20. The van der Waals surface area contributed by atoms with Gasteiger partial charge < -0.3 is 19.7 Å². The zero-order valence-corrected chi connectivity index (χ0v) is 14.1. The summed E-state index contributed by atoms with van der Waals surface area (Å²) in [5.41, 5.74) is 0.652. The minimum Gasteiger partial charge on any atom is -0.492 e. The zero-order valence-electron chi connectivity index (χ0n) is 13.2. The second kappa shape index (κ2) is 9.42. The lowest BCUT2D eigenvalue weighted by molar-refractivity contribution is -0.132. The molecule has 1 aromatic rings. The normalized spacial score (nSPS) is 14.4. The smallest absolute Gasteiger partial charge is 0.234 e. The number of rotatable bonds is 7. The Morgan fingerprint density at radius 1 is 1.26 bits per heavy atom. The van der Waals surface area contributed by atoms with Crippen LogP contribution in [-0.4, -0.2) is 61.1 Å². The van der Waals surface area contributed by atoms with Crippen molar-refractivity contribution in [2.75, 3.05) is 49.7 Å². The molecular weight excluding hydrogens is 316 g/mol. The van der Waals surface area contributed by atoms with Gasteiger partial charge >= 0.3 is 0 Å². The van der Waals surface area contributed by atoms with E-state index in [-0.39, 0.29) is 17.6 Å². The van der Waals surface area contributed by atoms with E-state index < -0.39 is 0 Å². The number of nitrogens with zero attached hydrogens (tertiary/aromatic N) is 1. The molecule has 1 saturated heterocycles. The van der Waals surface area contributed by atoms with Crippen molar-refractivity contribution in [1.29, 1.82) is 0 Å². The van der Waals surface area contributed by atoms with Crippen LogP contribution in [0.4, 0.5) is 5.69 Å². The first kappa shape index (κ1) is 17.6. The quantitative estimate of drug-likeness (QED) is 0.818. The second-order valence-electron chi connectivity index (χ2n) is 4.96. The summed E-state index contributed by atoms with van der Waals surface area (Å²) >= 11 is 1.32. The monoisotopic (exact) mass is 338 g/mol. The molecule has 0 saturated carbocycles. The SMILES string of the molecule is CCOc1ccccc1NC(=O)CSCC(=O)N1CCOCC1. The van der Waals surface area contributed by atoms with Gasteiger partial charge in [0.05, 0.1) is 37.0 Å². The average Bonchev–Trinajstić information content (AvgIpc) is 2.57. The molecule has 0 aromatic heterocycles. The van der Waals surface area contributed by atoms with E-state index in [1.165, 1.54) is 11.8 Å². The zero-order chi connectivity index (χ0) is 16.5. The number of amides is 2. The molecule has 0 aliphatic carbocycles. The van der Waals surface area contributed by atoms with E-state index in [9.17, 15) is 9.59 Å². The highest BCUT2D eigenvalue weighted by molar-refractivity contribution is 8.00. The minimum absolute atomic E-state index is 0.0563. The van der Waals surface area contributed by atoms with Crippen molar-refractivity contribution in [3.05, 3.63) is 24.3 Å². The predicted octanol–water partition coefficient (Wildman–Crippen LogP) is 1.62. The molecule has 0 atom stereocenters. The second-order valence-corrected chi connectivity index (χ2v) is 5.95. The van der Waals surface area contributed by atoms with Gasteiger partial charge in [0.1, 0.15) is 5.75 Å². The molecule has 0 spiro atoms. The van der Waals surface area contributed by atoms with Gasteiger partial charge in [0.15, 0.2) is 0 Å². The van der Waals surface area contributed by atoms with E-state index in [1.807, 2.05) is 25.1 Å². The highest BCUT2D eigenvalue weighted by Gasteiger charge is 2.17. The number of hydrogen-bond acceptors (Lipinski definition) is 5. The molecule has 1 heterocycles. The van der Waals surface area contributed by atoms with Crippen molar-refractivity contribution < 1.29 is 19.1 Å². The Labute approximate surface area is 140 Å². The third kappa shape index (κ3) is 5.76. The molecule has 1 aliphatic rings. The van der Waals surface area contributed by atoms with Crippen molar-refractivity contribution >= 4 is 29.3 Å². The number of para-hydroxylation sites is 2. The summed E-state index contributed by atoms with van der Waals surface area (Å²) in [5, 5.41) is 2.82. The number of thioether (sulfide) groups is 1. The van der Waals surface area contributed by atoms with Crippen LogP contribution in [0.15, 0.2) is 24.3 Å². The molecule has 6 nitrogen and oxygen atoms in total. The first-order valence-corrected chi connectivity index (χ1v) is 8.81. The fraction of sp³-hybridized carbons (Fsp3) is 0.500. The van der Waals surface area contributed by atoms with Crippen molar-refractivity contribution in [2.45, 2.75) is 6.92 Å². The Hall–Kier alpha value is -1.73. The van der Waals surface area contributed by atoms with Gasteiger partial charge in [-0.2, -0.15) is 0 Å². The van der Waals surface area contributed by atoms with Gasteiger partial charge in [-0.25, -0.2) is 0 Å². The molecule has 0 bridgehead atoms. The first-order valence-electron chi connectivity index (χ1n) is 7.65. The molecule has 0 unspecified atom stereocenters. The fourth-order valence-corrected chi connectivity index (χ4v) is 2.89. The summed E-state index contributed by atoms with van der Waals surface area (Å²) in [7, 11) is 0. The van der Waals surface area contributed by atoms with E-state index in [0.29, 0.717) is 50.1 Å². The van der Waals surface area contributed by atoms with E-state index >= 15 is 0 Å². The minimum atomic E-state index is -0.142. The Balaban J connectivity index is 1.73. The summed E-state index contributed by atoms with van der Waals surface area (Å²) in [4.78, 5) is 25.7. The van der Waals surface area contributed by atoms with Gasteiger partial charge in [0.2, 0.25) is 11.8 Å².